The molecule has 2 saturated heterocycles. The van der Waals surface area contributed by atoms with Crippen LogP contribution in [0.1, 0.15) is 50.5 Å². The Morgan fingerprint density at radius 2 is 1.66 bits per heavy atom. The van der Waals surface area contributed by atoms with E-state index in [2.05, 4.69) is 10.3 Å². The van der Waals surface area contributed by atoms with Crippen molar-refractivity contribution in [2.45, 2.75) is 52.2 Å². The zero-order chi connectivity index (χ0) is 33.8. The van der Waals surface area contributed by atoms with Gasteiger partial charge >= 0.3 is 13.7 Å². The number of piperazine rings is 1. The van der Waals surface area contributed by atoms with E-state index in [9.17, 15) is 18.9 Å². The zero-order valence-corrected chi connectivity index (χ0v) is 28.7. The maximum absolute atomic E-state index is 14.0. The van der Waals surface area contributed by atoms with Crippen LogP contribution in [0.2, 0.25) is 0 Å². The second kappa shape index (κ2) is 17.5. The van der Waals surface area contributed by atoms with Crippen molar-refractivity contribution >= 4 is 31.3 Å². The molecule has 2 atom stereocenters. The Morgan fingerprint density at radius 1 is 0.979 bits per heavy atom. The van der Waals surface area contributed by atoms with Gasteiger partial charge in [-0.15, -0.1) is 0 Å². The number of amides is 3. The van der Waals surface area contributed by atoms with Gasteiger partial charge in [-0.1, -0.05) is 43.7 Å². The van der Waals surface area contributed by atoms with E-state index in [1.54, 1.807) is 36.8 Å². The highest BCUT2D eigenvalue weighted by molar-refractivity contribution is 7.54. The normalized spacial score (nSPS) is 17.4. The number of rotatable bonds is 15. The van der Waals surface area contributed by atoms with Crippen molar-refractivity contribution in [3.8, 4) is 11.4 Å². The summed E-state index contributed by atoms with van der Waals surface area (Å²) < 4.78 is 35.5. The summed E-state index contributed by atoms with van der Waals surface area (Å²) in [6.07, 6.45) is 1.74. The Morgan fingerprint density at radius 3 is 2.28 bits per heavy atom. The highest BCUT2D eigenvalue weighted by atomic mass is 31.2. The average molecular weight is 675 g/mol. The number of anilines is 1. The molecular weight excluding hydrogens is 627 g/mol. The molecule has 2 aliphatic rings. The summed E-state index contributed by atoms with van der Waals surface area (Å²) >= 11 is 0. The Kier molecular flexibility index (Phi) is 13.5. The molecular formula is C32H47N6O8P. The molecule has 2 aliphatic heterocycles. The van der Waals surface area contributed by atoms with Gasteiger partial charge in [0, 0.05) is 58.0 Å². The van der Waals surface area contributed by atoms with Crippen LogP contribution >= 0.6 is 7.60 Å². The first-order valence-electron chi connectivity index (χ1n) is 16.3. The SMILES string of the molecule is CCCCOC(=O)N1CCN(C(=O)C(CP(=O)(OCC)OCC)NC(=O)c2cc(N3CC[C@H](OC)C3)nc(-c3ccccc3)n2)CC1. The molecule has 1 aromatic carbocycles. The van der Waals surface area contributed by atoms with E-state index in [1.807, 2.05) is 42.2 Å². The number of carbonyl (C=O) groups excluding carboxylic acids is 3. The lowest BCUT2D eigenvalue weighted by Gasteiger charge is -2.36. The van der Waals surface area contributed by atoms with Crippen LogP contribution in [0.5, 0.6) is 0 Å². The van der Waals surface area contributed by atoms with E-state index in [-0.39, 0.29) is 57.4 Å². The van der Waals surface area contributed by atoms with Crippen molar-refractivity contribution in [1.82, 2.24) is 25.1 Å². The molecule has 2 aromatic rings. The summed E-state index contributed by atoms with van der Waals surface area (Å²) in [6, 6.07) is 9.65. The van der Waals surface area contributed by atoms with Gasteiger partial charge in [-0.3, -0.25) is 14.2 Å². The van der Waals surface area contributed by atoms with Crippen LogP contribution in [-0.2, 0) is 27.9 Å². The van der Waals surface area contributed by atoms with Gasteiger partial charge in [-0.25, -0.2) is 14.8 Å². The molecule has 0 bridgehead atoms. The van der Waals surface area contributed by atoms with Crippen LogP contribution in [0, 0.1) is 0 Å². The summed E-state index contributed by atoms with van der Waals surface area (Å²) in [5, 5.41) is 2.79. The molecule has 1 aromatic heterocycles. The number of methoxy groups -OCH3 is 1. The molecule has 1 unspecified atom stereocenters. The number of nitrogens with one attached hydrogen (secondary N) is 1. The minimum atomic E-state index is -3.77. The lowest BCUT2D eigenvalue weighted by Crippen LogP contribution is -2.57. The van der Waals surface area contributed by atoms with Gasteiger partial charge in [-0.2, -0.15) is 0 Å². The van der Waals surface area contributed by atoms with Crippen molar-refractivity contribution in [2.24, 2.45) is 0 Å². The topological polar surface area (TPSA) is 153 Å². The number of nitrogens with zero attached hydrogens (tertiary/aromatic N) is 5. The first-order chi connectivity index (χ1) is 22.7. The van der Waals surface area contributed by atoms with Crippen LogP contribution in [0.15, 0.2) is 36.4 Å². The highest BCUT2D eigenvalue weighted by Crippen LogP contribution is 2.48. The Bertz CT molecular complexity index is 1380. The number of carbonyl (C=O) groups is 3. The Balaban J connectivity index is 1.58. The molecule has 4 rings (SSSR count). The lowest BCUT2D eigenvalue weighted by atomic mass is 10.2. The van der Waals surface area contributed by atoms with Crippen molar-refractivity contribution in [3.05, 3.63) is 42.1 Å². The summed E-state index contributed by atoms with van der Waals surface area (Å²) in [5.74, 6) is -0.183. The van der Waals surface area contributed by atoms with Gasteiger partial charge in [0.2, 0.25) is 5.91 Å². The van der Waals surface area contributed by atoms with Crippen LogP contribution in [0.3, 0.4) is 0 Å². The molecule has 258 valence electrons. The third kappa shape index (κ3) is 9.96. The number of hydrogen-bond acceptors (Lipinski definition) is 11. The smallest absolute Gasteiger partial charge is 0.409 e. The highest BCUT2D eigenvalue weighted by Gasteiger charge is 2.38. The minimum Gasteiger partial charge on any atom is -0.449 e. The Hall–Kier alpha value is -3.58. The van der Waals surface area contributed by atoms with Crippen molar-refractivity contribution in [1.29, 1.82) is 0 Å². The van der Waals surface area contributed by atoms with E-state index >= 15 is 0 Å². The molecule has 47 heavy (non-hydrogen) atoms. The monoisotopic (exact) mass is 674 g/mol. The van der Waals surface area contributed by atoms with Gasteiger partial charge in [0.25, 0.3) is 5.91 Å². The number of benzene rings is 1. The predicted octanol–water partition coefficient (Wildman–Crippen LogP) is 3.81. The fourth-order valence-electron chi connectivity index (χ4n) is 5.46. The number of unbranched alkanes of at least 4 members (excludes halogenated alkanes) is 1. The fourth-order valence-corrected chi connectivity index (χ4v) is 7.23. The van der Waals surface area contributed by atoms with Gasteiger partial charge in [0.15, 0.2) is 5.82 Å². The second-order valence-electron chi connectivity index (χ2n) is 11.3. The van der Waals surface area contributed by atoms with Gasteiger partial charge in [-0.05, 0) is 26.7 Å². The van der Waals surface area contributed by atoms with E-state index < -0.39 is 31.5 Å². The third-order valence-electron chi connectivity index (χ3n) is 8.01. The van der Waals surface area contributed by atoms with Gasteiger partial charge in [0.05, 0.1) is 32.1 Å². The number of aromatic nitrogens is 2. The number of ether oxygens (including phenoxy) is 2. The largest absolute Gasteiger partial charge is 0.449 e. The lowest BCUT2D eigenvalue weighted by molar-refractivity contribution is -0.134. The van der Waals surface area contributed by atoms with Crippen LogP contribution in [0.4, 0.5) is 10.6 Å². The fraction of sp³-hybridized carbons (Fsp3) is 0.594. The van der Waals surface area contributed by atoms with Gasteiger partial charge in [0.1, 0.15) is 17.6 Å². The van der Waals surface area contributed by atoms with Crippen molar-refractivity contribution in [3.63, 3.8) is 0 Å². The van der Waals surface area contributed by atoms with Crippen LogP contribution < -0.4 is 10.2 Å². The maximum atomic E-state index is 14.0. The quantitative estimate of drug-likeness (QED) is 0.217. The third-order valence-corrected chi connectivity index (χ3v) is 10.1. The molecule has 15 heteroatoms. The van der Waals surface area contributed by atoms with Crippen LogP contribution in [0.25, 0.3) is 11.4 Å². The van der Waals surface area contributed by atoms with E-state index in [4.69, 9.17) is 23.5 Å². The standard InChI is InChI=1S/C32H47N6O8P/c1-5-8-20-44-32(41)37-18-16-36(17-19-37)31(40)27(23-47(42,45-6-2)46-7-3)34-30(39)26-21-28(38-15-14-25(22-38)43-4)35-29(33-26)24-12-10-9-11-13-24/h9-13,21,25,27H,5-8,14-20,22-23H2,1-4H3,(H,34,39)/t25-,27?/m0/s1. The summed E-state index contributed by atoms with van der Waals surface area (Å²) in [6.45, 7) is 8.16. The first-order valence-corrected chi connectivity index (χ1v) is 18.0. The molecule has 3 amide bonds. The summed E-state index contributed by atoms with van der Waals surface area (Å²) in [4.78, 5) is 54.8. The summed E-state index contributed by atoms with van der Waals surface area (Å²) in [5.41, 5.74) is 0.775. The molecule has 0 spiro atoms. The maximum Gasteiger partial charge on any atom is 0.409 e. The van der Waals surface area contributed by atoms with Crippen molar-refractivity contribution in [2.75, 3.05) is 77.3 Å². The molecule has 3 heterocycles. The van der Waals surface area contributed by atoms with Crippen LogP contribution in [-0.4, -0.2) is 122 Å². The number of hydrogen-bond donors (Lipinski definition) is 1. The van der Waals surface area contributed by atoms with E-state index in [1.165, 1.54) is 0 Å². The van der Waals surface area contributed by atoms with E-state index in [0.29, 0.717) is 31.3 Å². The zero-order valence-electron chi connectivity index (χ0n) is 27.8. The molecule has 2 fully saturated rings. The molecule has 0 radical (unpaired) electrons. The van der Waals surface area contributed by atoms with Crippen molar-refractivity contribution < 1.29 is 37.5 Å². The molecule has 14 nitrogen and oxygen atoms in total. The minimum absolute atomic E-state index is 0.0364. The average Bonchev–Trinajstić information content (AvgIpc) is 3.58. The molecule has 1 N–H and O–H groups in total. The van der Waals surface area contributed by atoms with Gasteiger partial charge < -0.3 is 38.5 Å². The molecule has 0 saturated carbocycles. The molecule has 0 aliphatic carbocycles. The first kappa shape index (κ1) is 36.3. The predicted molar refractivity (Wildman–Crippen MR) is 176 cm³/mol. The summed E-state index contributed by atoms with van der Waals surface area (Å²) in [7, 11) is -2.10. The van der Waals surface area contributed by atoms with E-state index in [0.717, 1.165) is 24.8 Å². The second-order valence-corrected chi connectivity index (χ2v) is 13.4. The Labute approximate surface area is 276 Å².